The summed E-state index contributed by atoms with van der Waals surface area (Å²) < 4.78 is 5.91. The van der Waals surface area contributed by atoms with Gasteiger partial charge < -0.3 is 4.74 Å². The molecular weight excluding hydrogens is 210 g/mol. The molecule has 2 nitrogen and oxygen atoms in total. The van der Waals surface area contributed by atoms with Crippen molar-refractivity contribution in [3.63, 3.8) is 0 Å². The molecule has 0 unspecified atom stereocenters. The van der Waals surface area contributed by atoms with E-state index in [1.807, 2.05) is 0 Å². The van der Waals surface area contributed by atoms with Crippen LogP contribution in [-0.2, 0) is 4.74 Å². The Bertz CT molecular complexity index is 229. The average molecular weight is 239 g/mol. The van der Waals surface area contributed by atoms with Gasteiger partial charge in [-0.3, -0.25) is 4.90 Å². The summed E-state index contributed by atoms with van der Waals surface area (Å²) in [6.07, 6.45) is 6.55. The van der Waals surface area contributed by atoms with Crippen molar-refractivity contribution >= 4 is 0 Å². The van der Waals surface area contributed by atoms with E-state index in [1.165, 1.54) is 25.7 Å². The van der Waals surface area contributed by atoms with Crippen LogP contribution in [0.25, 0.3) is 0 Å². The summed E-state index contributed by atoms with van der Waals surface area (Å²) >= 11 is 0. The average Bonchev–Trinajstić information content (AvgIpc) is 2.74. The van der Waals surface area contributed by atoms with Crippen LogP contribution in [0.15, 0.2) is 12.3 Å². The van der Waals surface area contributed by atoms with Crippen LogP contribution in [0.1, 0.15) is 46.0 Å². The standard InChI is InChI=1S/C15H29NO/c1-12(2)10-15(16(4)5)13(3)17-11-14-8-6-7-9-14/h12,14-15H,3,6-11H2,1-2,4-5H3/t15-/m0/s1. The van der Waals surface area contributed by atoms with Crippen LogP contribution >= 0.6 is 0 Å². The SMILES string of the molecule is C=C(OCC1CCCC1)[C@H](CC(C)C)N(C)C. The number of hydrogen-bond donors (Lipinski definition) is 0. The van der Waals surface area contributed by atoms with Crippen molar-refractivity contribution in [1.29, 1.82) is 0 Å². The lowest BCUT2D eigenvalue weighted by Crippen LogP contribution is -2.32. The molecule has 1 aliphatic rings. The van der Waals surface area contributed by atoms with E-state index < -0.39 is 0 Å². The first kappa shape index (κ1) is 14.6. The van der Waals surface area contributed by atoms with Crippen molar-refractivity contribution in [3.05, 3.63) is 12.3 Å². The Morgan fingerprint density at radius 1 is 1.29 bits per heavy atom. The van der Waals surface area contributed by atoms with E-state index in [1.54, 1.807) is 0 Å². The van der Waals surface area contributed by atoms with Gasteiger partial charge in [0, 0.05) is 0 Å². The molecule has 0 N–H and O–H groups in total. The van der Waals surface area contributed by atoms with Crippen molar-refractivity contribution in [1.82, 2.24) is 4.90 Å². The first-order chi connectivity index (χ1) is 8.00. The van der Waals surface area contributed by atoms with Crippen LogP contribution in [0.5, 0.6) is 0 Å². The Balaban J connectivity index is 2.35. The van der Waals surface area contributed by atoms with E-state index in [0.29, 0.717) is 12.0 Å². The van der Waals surface area contributed by atoms with Crippen molar-refractivity contribution in [3.8, 4) is 0 Å². The summed E-state index contributed by atoms with van der Waals surface area (Å²) in [6.45, 7) is 9.50. The number of likely N-dealkylation sites (N-methyl/N-ethyl adjacent to an activating group) is 1. The van der Waals surface area contributed by atoms with Crippen molar-refractivity contribution in [2.75, 3.05) is 20.7 Å². The third-order valence-corrected chi connectivity index (χ3v) is 3.67. The Labute approximate surface area is 107 Å². The van der Waals surface area contributed by atoms with Gasteiger partial charge in [-0.25, -0.2) is 0 Å². The molecule has 17 heavy (non-hydrogen) atoms. The lowest BCUT2D eigenvalue weighted by molar-refractivity contribution is 0.116. The Morgan fingerprint density at radius 3 is 2.35 bits per heavy atom. The van der Waals surface area contributed by atoms with Gasteiger partial charge in [-0.05, 0) is 45.2 Å². The molecule has 0 aromatic carbocycles. The van der Waals surface area contributed by atoms with Crippen molar-refractivity contribution < 1.29 is 4.74 Å². The maximum Gasteiger partial charge on any atom is 0.106 e. The van der Waals surface area contributed by atoms with Crippen LogP contribution < -0.4 is 0 Å². The third kappa shape index (κ3) is 5.12. The molecule has 100 valence electrons. The molecule has 1 fully saturated rings. The molecule has 0 amide bonds. The molecule has 1 saturated carbocycles. The summed E-state index contributed by atoms with van der Waals surface area (Å²) in [5.74, 6) is 2.40. The minimum Gasteiger partial charge on any atom is -0.497 e. The third-order valence-electron chi connectivity index (χ3n) is 3.67. The summed E-state index contributed by atoms with van der Waals surface area (Å²) in [6, 6.07) is 0.358. The van der Waals surface area contributed by atoms with Gasteiger partial charge in [0.05, 0.1) is 12.6 Å². The van der Waals surface area contributed by atoms with E-state index >= 15 is 0 Å². The zero-order valence-electron chi connectivity index (χ0n) is 12.0. The summed E-state index contributed by atoms with van der Waals surface area (Å²) in [5, 5.41) is 0. The molecule has 0 aromatic heterocycles. The highest BCUT2D eigenvalue weighted by Crippen LogP contribution is 2.26. The number of nitrogens with zero attached hydrogens (tertiary/aromatic N) is 1. The van der Waals surface area contributed by atoms with E-state index in [4.69, 9.17) is 4.74 Å². The highest BCUT2D eigenvalue weighted by molar-refractivity contribution is 4.97. The van der Waals surface area contributed by atoms with E-state index in [9.17, 15) is 0 Å². The van der Waals surface area contributed by atoms with Crippen LogP contribution in [0.3, 0.4) is 0 Å². The zero-order valence-corrected chi connectivity index (χ0v) is 12.0. The van der Waals surface area contributed by atoms with E-state index in [2.05, 4.69) is 39.4 Å². The van der Waals surface area contributed by atoms with Crippen molar-refractivity contribution in [2.45, 2.75) is 52.0 Å². The topological polar surface area (TPSA) is 12.5 Å². The lowest BCUT2D eigenvalue weighted by atomic mass is 10.0. The molecule has 2 heteroatoms. The monoisotopic (exact) mass is 239 g/mol. The summed E-state index contributed by atoms with van der Waals surface area (Å²) in [7, 11) is 4.22. The predicted molar refractivity (Wildman–Crippen MR) is 74.0 cm³/mol. The molecule has 0 spiro atoms. The number of ether oxygens (including phenoxy) is 1. The highest BCUT2D eigenvalue weighted by Gasteiger charge is 2.20. The van der Waals surface area contributed by atoms with Gasteiger partial charge in [0.2, 0.25) is 0 Å². The van der Waals surface area contributed by atoms with Gasteiger partial charge in [-0.15, -0.1) is 0 Å². The predicted octanol–water partition coefficient (Wildman–Crippen LogP) is 3.68. The van der Waals surface area contributed by atoms with Crippen LogP contribution in [-0.4, -0.2) is 31.6 Å². The molecule has 0 aliphatic heterocycles. The summed E-state index contributed by atoms with van der Waals surface area (Å²) in [4.78, 5) is 2.22. The molecule has 1 aliphatic carbocycles. The van der Waals surface area contributed by atoms with Crippen LogP contribution in [0, 0.1) is 11.8 Å². The second kappa shape index (κ2) is 7.05. The number of hydrogen-bond acceptors (Lipinski definition) is 2. The smallest absolute Gasteiger partial charge is 0.106 e. The second-order valence-electron chi connectivity index (χ2n) is 6.04. The Morgan fingerprint density at radius 2 is 1.88 bits per heavy atom. The van der Waals surface area contributed by atoms with Gasteiger partial charge in [-0.1, -0.05) is 33.3 Å². The molecule has 0 bridgehead atoms. The fourth-order valence-electron chi connectivity index (χ4n) is 2.57. The maximum absolute atomic E-state index is 5.91. The van der Waals surface area contributed by atoms with Gasteiger partial charge >= 0.3 is 0 Å². The summed E-state index contributed by atoms with van der Waals surface area (Å²) in [5.41, 5.74) is 0. The zero-order chi connectivity index (χ0) is 12.8. The quantitative estimate of drug-likeness (QED) is 0.628. The lowest BCUT2D eigenvalue weighted by Gasteiger charge is -2.28. The fourth-order valence-corrected chi connectivity index (χ4v) is 2.57. The Hall–Kier alpha value is -0.500. The van der Waals surface area contributed by atoms with Gasteiger partial charge in [0.15, 0.2) is 0 Å². The molecule has 0 saturated heterocycles. The molecule has 0 radical (unpaired) electrons. The minimum atomic E-state index is 0.358. The van der Waals surface area contributed by atoms with Gasteiger partial charge in [-0.2, -0.15) is 0 Å². The van der Waals surface area contributed by atoms with Gasteiger partial charge in [0.25, 0.3) is 0 Å². The largest absolute Gasteiger partial charge is 0.497 e. The van der Waals surface area contributed by atoms with E-state index in [-0.39, 0.29) is 0 Å². The van der Waals surface area contributed by atoms with Crippen LogP contribution in [0.4, 0.5) is 0 Å². The molecule has 0 aromatic rings. The minimum absolute atomic E-state index is 0.358. The number of rotatable bonds is 7. The first-order valence-electron chi connectivity index (χ1n) is 6.98. The maximum atomic E-state index is 5.91. The molecular formula is C15H29NO. The molecule has 0 heterocycles. The second-order valence-corrected chi connectivity index (χ2v) is 6.04. The van der Waals surface area contributed by atoms with Gasteiger partial charge in [0.1, 0.15) is 5.76 Å². The molecule has 1 rings (SSSR count). The Kier molecular flexibility index (Phi) is 6.04. The normalized spacial score (nSPS) is 18.9. The first-order valence-corrected chi connectivity index (χ1v) is 6.98. The van der Waals surface area contributed by atoms with Crippen LogP contribution in [0.2, 0.25) is 0 Å². The highest BCUT2D eigenvalue weighted by atomic mass is 16.5. The fraction of sp³-hybridized carbons (Fsp3) is 0.867. The van der Waals surface area contributed by atoms with E-state index in [0.717, 1.165) is 24.7 Å². The van der Waals surface area contributed by atoms with Crippen molar-refractivity contribution in [2.24, 2.45) is 11.8 Å². The molecule has 1 atom stereocenters.